The number of likely N-dealkylation sites (N-methyl/N-ethyl adjacent to an activating group) is 1. The van der Waals surface area contributed by atoms with E-state index in [1.807, 2.05) is 7.11 Å². The first-order valence-corrected chi connectivity index (χ1v) is 8.64. The van der Waals surface area contributed by atoms with Gasteiger partial charge in [0.2, 0.25) is 0 Å². The van der Waals surface area contributed by atoms with Gasteiger partial charge in [-0.05, 0) is 52.0 Å². The Morgan fingerprint density at radius 1 is 1.05 bits per heavy atom. The lowest BCUT2D eigenvalue weighted by Crippen LogP contribution is -2.48. The second-order valence-corrected chi connectivity index (χ2v) is 7.00. The van der Waals surface area contributed by atoms with Crippen LogP contribution in [-0.4, -0.2) is 62.3 Å². The highest BCUT2D eigenvalue weighted by Crippen LogP contribution is 2.29. The van der Waals surface area contributed by atoms with Gasteiger partial charge in [0.15, 0.2) is 0 Å². The second kappa shape index (κ2) is 8.35. The summed E-state index contributed by atoms with van der Waals surface area (Å²) < 4.78 is 5.46. The van der Waals surface area contributed by atoms with Gasteiger partial charge in [0.05, 0.1) is 6.10 Å². The fraction of sp³-hybridized carbons (Fsp3) is 1.00. The van der Waals surface area contributed by atoms with Crippen LogP contribution in [0, 0.1) is 5.92 Å². The molecule has 0 aromatic rings. The number of rotatable bonds is 6. The minimum atomic E-state index is 0.551. The zero-order valence-corrected chi connectivity index (χ0v) is 13.8. The third-order valence-corrected chi connectivity index (χ3v) is 5.52. The lowest BCUT2D eigenvalue weighted by atomic mass is 9.84. The molecule has 3 nitrogen and oxygen atoms in total. The molecule has 1 aliphatic heterocycles. The Labute approximate surface area is 125 Å². The summed E-state index contributed by atoms with van der Waals surface area (Å²) in [6.07, 6.45) is 10.1. The van der Waals surface area contributed by atoms with E-state index in [9.17, 15) is 0 Å². The zero-order chi connectivity index (χ0) is 14.4. The van der Waals surface area contributed by atoms with Crippen LogP contribution in [0.1, 0.15) is 51.9 Å². The van der Waals surface area contributed by atoms with E-state index in [-0.39, 0.29) is 0 Å². The largest absolute Gasteiger partial charge is 0.381 e. The Balaban J connectivity index is 1.56. The van der Waals surface area contributed by atoms with E-state index in [1.165, 1.54) is 71.1 Å². The van der Waals surface area contributed by atoms with E-state index in [0.717, 1.165) is 12.0 Å². The molecule has 1 atom stereocenters. The van der Waals surface area contributed by atoms with Gasteiger partial charge in [0, 0.05) is 39.3 Å². The van der Waals surface area contributed by atoms with Crippen LogP contribution < -0.4 is 0 Å². The fourth-order valence-corrected chi connectivity index (χ4v) is 3.80. The highest BCUT2D eigenvalue weighted by Gasteiger charge is 2.22. The number of piperazine rings is 1. The predicted molar refractivity (Wildman–Crippen MR) is 85.1 cm³/mol. The minimum Gasteiger partial charge on any atom is -0.381 e. The van der Waals surface area contributed by atoms with Crippen LogP contribution in [0.3, 0.4) is 0 Å². The molecule has 2 fully saturated rings. The molecule has 0 amide bonds. The van der Waals surface area contributed by atoms with Crippen molar-refractivity contribution < 1.29 is 4.74 Å². The third kappa shape index (κ3) is 5.01. The summed E-state index contributed by atoms with van der Waals surface area (Å²) in [5.41, 5.74) is 0. The molecule has 1 heterocycles. The summed E-state index contributed by atoms with van der Waals surface area (Å²) in [5, 5.41) is 0. The lowest BCUT2D eigenvalue weighted by molar-refractivity contribution is 0.0544. The topological polar surface area (TPSA) is 15.7 Å². The highest BCUT2D eigenvalue weighted by molar-refractivity contribution is 4.76. The predicted octanol–water partition coefficient (Wildman–Crippen LogP) is 3.00. The average molecular weight is 282 g/mol. The molecule has 0 aromatic carbocycles. The molecule has 1 saturated heterocycles. The minimum absolute atomic E-state index is 0.551. The van der Waals surface area contributed by atoms with Gasteiger partial charge in [-0.1, -0.05) is 12.8 Å². The third-order valence-electron chi connectivity index (χ3n) is 5.52. The first-order valence-electron chi connectivity index (χ1n) is 8.64. The smallest absolute Gasteiger partial charge is 0.0571 e. The molecule has 1 aliphatic carbocycles. The fourth-order valence-electron chi connectivity index (χ4n) is 3.80. The number of methoxy groups -OCH3 is 1. The Hall–Kier alpha value is -0.120. The standard InChI is InChI=1S/C17H34N2O/c1-15(19-13-11-18(2)12-14-19)5-4-6-16-7-9-17(20-3)10-8-16/h15-17H,4-14H2,1-3H3/t15-,16-,17-/m0/s1. The maximum atomic E-state index is 5.46. The highest BCUT2D eigenvalue weighted by atomic mass is 16.5. The van der Waals surface area contributed by atoms with Crippen LogP contribution in [-0.2, 0) is 4.74 Å². The van der Waals surface area contributed by atoms with Crippen LogP contribution in [0.2, 0.25) is 0 Å². The Kier molecular flexibility index (Phi) is 6.79. The van der Waals surface area contributed by atoms with Crippen LogP contribution in [0.25, 0.3) is 0 Å². The maximum Gasteiger partial charge on any atom is 0.0571 e. The molecule has 0 unspecified atom stereocenters. The van der Waals surface area contributed by atoms with Crippen LogP contribution in [0.5, 0.6) is 0 Å². The number of nitrogens with zero attached hydrogens (tertiary/aromatic N) is 2. The Morgan fingerprint density at radius 3 is 2.30 bits per heavy atom. The number of ether oxygens (including phenoxy) is 1. The molecule has 118 valence electrons. The van der Waals surface area contributed by atoms with Crippen molar-refractivity contribution in [2.24, 2.45) is 5.92 Å². The molecule has 0 bridgehead atoms. The van der Waals surface area contributed by atoms with Gasteiger partial charge in [-0.3, -0.25) is 4.90 Å². The molecule has 0 N–H and O–H groups in total. The van der Waals surface area contributed by atoms with Crippen molar-refractivity contribution in [1.82, 2.24) is 9.80 Å². The molecular weight excluding hydrogens is 248 g/mol. The summed E-state index contributed by atoms with van der Waals surface area (Å²) >= 11 is 0. The van der Waals surface area contributed by atoms with Crippen molar-refractivity contribution in [3.05, 3.63) is 0 Å². The van der Waals surface area contributed by atoms with Crippen molar-refractivity contribution in [3.8, 4) is 0 Å². The van der Waals surface area contributed by atoms with E-state index in [1.54, 1.807) is 0 Å². The van der Waals surface area contributed by atoms with Gasteiger partial charge < -0.3 is 9.64 Å². The van der Waals surface area contributed by atoms with Crippen molar-refractivity contribution in [1.29, 1.82) is 0 Å². The Morgan fingerprint density at radius 2 is 1.70 bits per heavy atom. The van der Waals surface area contributed by atoms with E-state index < -0.39 is 0 Å². The molecule has 0 spiro atoms. The lowest BCUT2D eigenvalue weighted by Gasteiger charge is -2.36. The summed E-state index contributed by atoms with van der Waals surface area (Å²) in [6.45, 7) is 7.43. The van der Waals surface area contributed by atoms with Crippen molar-refractivity contribution >= 4 is 0 Å². The van der Waals surface area contributed by atoms with Crippen molar-refractivity contribution in [2.75, 3.05) is 40.3 Å². The first-order chi connectivity index (χ1) is 9.69. The van der Waals surface area contributed by atoms with Crippen LogP contribution >= 0.6 is 0 Å². The molecular formula is C17H34N2O. The molecule has 0 radical (unpaired) electrons. The summed E-state index contributed by atoms with van der Waals surface area (Å²) in [7, 11) is 4.10. The molecule has 2 aliphatic rings. The van der Waals surface area contributed by atoms with E-state index >= 15 is 0 Å². The van der Waals surface area contributed by atoms with Crippen molar-refractivity contribution in [3.63, 3.8) is 0 Å². The van der Waals surface area contributed by atoms with Gasteiger partial charge in [0.25, 0.3) is 0 Å². The van der Waals surface area contributed by atoms with E-state index in [4.69, 9.17) is 4.74 Å². The molecule has 1 saturated carbocycles. The summed E-state index contributed by atoms with van der Waals surface area (Å²) in [5.74, 6) is 0.973. The van der Waals surface area contributed by atoms with Crippen LogP contribution in [0.15, 0.2) is 0 Å². The zero-order valence-electron chi connectivity index (χ0n) is 13.8. The van der Waals surface area contributed by atoms with Crippen molar-refractivity contribution in [2.45, 2.75) is 64.0 Å². The average Bonchev–Trinajstić information content (AvgIpc) is 2.48. The van der Waals surface area contributed by atoms with Gasteiger partial charge in [-0.15, -0.1) is 0 Å². The summed E-state index contributed by atoms with van der Waals surface area (Å²) in [6, 6.07) is 0.777. The van der Waals surface area contributed by atoms with E-state index in [2.05, 4.69) is 23.8 Å². The second-order valence-electron chi connectivity index (χ2n) is 7.00. The van der Waals surface area contributed by atoms with E-state index in [0.29, 0.717) is 6.10 Å². The van der Waals surface area contributed by atoms with Gasteiger partial charge in [0.1, 0.15) is 0 Å². The molecule has 3 heteroatoms. The van der Waals surface area contributed by atoms with Crippen LogP contribution in [0.4, 0.5) is 0 Å². The number of hydrogen-bond donors (Lipinski definition) is 0. The maximum absolute atomic E-state index is 5.46. The molecule has 2 rings (SSSR count). The quantitative estimate of drug-likeness (QED) is 0.745. The number of hydrogen-bond acceptors (Lipinski definition) is 3. The molecule has 0 aromatic heterocycles. The van der Waals surface area contributed by atoms with Gasteiger partial charge in [-0.25, -0.2) is 0 Å². The normalized spacial score (nSPS) is 31.4. The monoisotopic (exact) mass is 282 g/mol. The summed E-state index contributed by atoms with van der Waals surface area (Å²) in [4.78, 5) is 5.12. The SMILES string of the molecule is CO[C@H]1CC[C@H](CCC[C@H](C)N2CCN(C)CC2)CC1. The van der Waals surface area contributed by atoms with Gasteiger partial charge in [-0.2, -0.15) is 0 Å². The van der Waals surface area contributed by atoms with Gasteiger partial charge >= 0.3 is 0 Å². The first kappa shape index (κ1) is 16.3. The Bertz CT molecular complexity index is 256. The molecule has 20 heavy (non-hydrogen) atoms.